The van der Waals surface area contributed by atoms with Gasteiger partial charge in [-0.25, -0.2) is 4.39 Å². The largest absolute Gasteiger partial charge is 0.307 e. The molecule has 1 nitrogen and oxygen atoms in total. The smallest absolute Gasteiger partial charge is 0.128 e. The lowest BCUT2D eigenvalue weighted by Gasteiger charge is -2.15. The van der Waals surface area contributed by atoms with Crippen molar-refractivity contribution in [2.24, 2.45) is 0 Å². The third-order valence-electron chi connectivity index (χ3n) is 2.34. The van der Waals surface area contributed by atoms with Gasteiger partial charge in [-0.1, -0.05) is 30.7 Å². The molecule has 2 heteroatoms. The Kier molecular flexibility index (Phi) is 4.50. The van der Waals surface area contributed by atoms with E-state index in [2.05, 4.69) is 18.8 Å². The van der Waals surface area contributed by atoms with E-state index in [0.29, 0.717) is 5.56 Å². The van der Waals surface area contributed by atoms with Crippen LogP contribution in [0.25, 0.3) is 0 Å². The molecule has 1 rings (SSSR count). The second-order valence-electron chi connectivity index (χ2n) is 3.69. The highest BCUT2D eigenvalue weighted by Crippen LogP contribution is 2.19. The number of hydrogen-bond donors (Lipinski definition) is 1. The average molecular weight is 207 g/mol. The van der Waals surface area contributed by atoms with Crippen LogP contribution in [0.2, 0.25) is 0 Å². The number of rotatable bonds is 5. The zero-order valence-electron chi connectivity index (χ0n) is 9.39. The fraction of sp³-hybridized carbons (Fsp3) is 0.385. The van der Waals surface area contributed by atoms with Crippen molar-refractivity contribution in [3.63, 3.8) is 0 Å². The zero-order valence-corrected chi connectivity index (χ0v) is 9.39. The van der Waals surface area contributed by atoms with Crippen molar-refractivity contribution in [3.8, 4) is 0 Å². The second kappa shape index (κ2) is 5.66. The predicted molar refractivity (Wildman–Crippen MR) is 62.4 cm³/mol. The first-order valence-corrected chi connectivity index (χ1v) is 5.31. The zero-order chi connectivity index (χ0) is 11.3. The summed E-state index contributed by atoms with van der Waals surface area (Å²) in [7, 11) is 0. The summed E-state index contributed by atoms with van der Waals surface area (Å²) < 4.78 is 13.5. The Morgan fingerprint density at radius 3 is 2.87 bits per heavy atom. The molecule has 0 spiro atoms. The summed E-state index contributed by atoms with van der Waals surface area (Å²) in [5, 5.41) is 3.25. The monoisotopic (exact) mass is 207 g/mol. The van der Waals surface area contributed by atoms with Crippen molar-refractivity contribution in [1.82, 2.24) is 5.32 Å². The lowest BCUT2D eigenvalue weighted by atomic mass is 10.0. The van der Waals surface area contributed by atoms with Gasteiger partial charge in [0.25, 0.3) is 0 Å². The van der Waals surface area contributed by atoms with Crippen molar-refractivity contribution >= 4 is 0 Å². The van der Waals surface area contributed by atoms with E-state index in [0.717, 1.165) is 18.5 Å². The van der Waals surface area contributed by atoms with Crippen LogP contribution in [0.4, 0.5) is 4.39 Å². The van der Waals surface area contributed by atoms with Gasteiger partial charge in [-0.2, -0.15) is 0 Å². The highest BCUT2D eigenvalue weighted by molar-refractivity contribution is 5.29. The molecule has 0 radical (unpaired) electrons. The van der Waals surface area contributed by atoms with Gasteiger partial charge < -0.3 is 5.32 Å². The lowest BCUT2D eigenvalue weighted by molar-refractivity contribution is 0.555. The Hall–Kier alpha value is -1.15. The maximum atomic E-state index is 13.5. The highest BCUT2D eigenvalue weighted by Gasteiger charge is 2.11. The first-order valence-electron chi connectivity index (χ1n) is 5.31. The van der Waals surface area contributed by atoms with Crippen molar-refractivity contribution in [1.29, 1.82) is 0 Å². The van der Waals surface area contributed by atoms with Crippen LogP contribution in [0, 0.1) is 12.7 Å². The van der Waals surface area contributed by atoms with E-state index in [1.54, 1.807) is 12.1 Å². The molecule has 15 heavy (non-hydrogen) atoms. The van der Waals surface area contributed by atoms with Crippen molar-refractivity contribution in [3.05, 3.63) is 47.8 Å². The van der Waals surface area contributed by atoms with Crippen molar-refractivity contribution < 1.29 is 4.39 Å². The first-order chi connectivity index (χ1) is 7.19. The van der Waals surface area contributed by atoms with Gasteiger partial charge in [-0.15, -0.1) is 6.58 Å². The summed E-state index contributed by atoms with van der Waals surface area (Å²) in [5.41, 5.74) is 1.75. The van der Waals surface area contributed by atoms with E-state index in [9.17, 15) is 4.39 Å². The quantitative estimate of drug-likeness (QED) is 0.730. The van der Waals surface area contributed by atoms with E-state index in [4.69, 9.17) is 0 Å². The minimum Gasteiger partial charge on any atom is -0.307 e. The standard InChI is InChI=1S/C13H18FN/c1-4-8-15-13(5-2)11-9-10(3)6-7-12(11)14/h5-7,9,13,15H,2,4,8H2,1,3H3. The molecular formula is C13H18FN. The molecule has 1 atom stereocenters. The highest BCUT2D eigenvalue weighted by atomic mass is 19.1. The molecule has 0 bridgehead atoms. The molecule has 0 aliphatic rings. The van der Waals surface area contributed by atoms with E-state index in [1.165, 1.54) is 6.07 Å². The van der Waals surface area contributed by atoms with E-state index < -0.39 is 0 Å². The van der Waals surface area contributed by atoms with Crippen molar-refractivity contribution in [2.45, 2.75) is 26.3 Å². The van der Waals surface area contributed by atoms with Crippen LogP contribution in [0.1, 0.15) is 30.5 Å². The van der Waals surface area contributed by atoms with Crippen LogP contribution in [0.3, 0.4) is 0 Å². The third-order valence-corrected chi connectivity index (χ3v) is 2.34. The Balaban J connectivity index is 2.90. The Bertz CT molecular complexity index is 333. The summed E-state index contributed by atoms with van der Waals surface area (Å²) in [6, 6.07) is 5.06. The number of hydrogen-bond acceptors (Lipinski definition) is 1. The van der Waals surface area contributed by atoms with Gasteiger partial charge in [0, 0.05) is 5.56 Å². The minimum atomic E-state index is -0.172. The molecule has 0 aliphatic heterocycles. The van der Waals surface area contributed by atoms with Crippen LogP contribution in [0.5, 0.6) is 0 Å². The summed E-state index contributed by atoms with van der Waals surface area (Å²) in [5.74, 6) is -0.172. The molecule has 0 aliphatic carbocycles. The molecule has 1 N–H and O–H groups in total. The predicted octanol–water partition coefficient (Wildman–Crippen LogP) is 3.36. The molecule has 1 aromatic rings. The molecule has 1 aromatic carbocycles. The molecule has 0 saturated heterocycles. The molecule has 0 saturated carbocycles. The third kappa shape index (κ3) is 3.17. The van der Waals surface area contributed by atoms with E-state index in [1.807, 2.05) is 13.0 Å². The fourth-order valence-corrected chi connectivity index (χ4v) is 1.52. The Labute approximate surface area is 91.0 Å². The van der Waals surface area contributed by atoms with Crippen LogP contribution in [0.15, 0.2) is 30.9 Å². The molecule has 0 aromatic heterocycles. The lowest BCUT2D eigenvalue weighted by Crippen LogP contribution is -2.21. The number of nitrogens with one attached hydrogen (secondary N) is 1. The maximum Gasteiger partial charge on any atom is 0.128 e. The van der Waals surface area contributed by atoms with Gasteiger partial charge in [0.2, 0.25) is 0 Å². The van der Waals surface area contributed by atoms with Crippen LogP contribution < -0.4 is 5.32 Å². The fourth-order valence-electron chi connectivity index (χ4n) is 1.52. The SMILES string of the molecule is C=CC(NCCC)c1cc(C)ccc1F. The molecule has 0 amide bonds. The van der Waals surface area contributed by atoms with Crippen LogP contribution in [-0.4, -0.2) is 6.54 Å². The van der Waals surface area contributed by atoms with Gasteiger partial charge in [0.15, 0.2) is 0 Å². The number of halogens is 1. The second-order valence-corrected chi connectivity index (χ2v) is 3.69. The molecule has 1 unspecified atom stereocenters. The van der Waals surface area contributed by atoms with Crippen LogP contribution >= 0.6 is 0 Å². The topological polar surface area (TPSA) is 12.0 Å². The van der Waals surface area contributed by atoms with Gasteiger partial charge >= 0.3 is 0 Å². The summed E-state index contributed by atoms with van der Waals surface area (Å²) in [6.45, 7) is 8.64. The normalized spacial score (nSPS) is 12.5. The number of benzene rings is 1. The maximum absolute atomic E-state index is 13.5. The number of aryl methyl sites for hydroxylation is 1. The summed E-state index contributed by atoms with van der Waals surface area (Å²) in [4.78, 5) is 0. The molecule has 0 heterocycles. The first kappa shape index (κ1) is 11.9. The molecular weight excluding hydrogens is 189 g/mol. The van der Waals surface area contributed by atoms with Gasteiger partial charge in [-0.05, 0) is 26.0 Å². The van der Waals surface area contributed by atoms with E-state index >= 15 is 0 Å². The average Bonchev–Trinajstić information content (AvgIpc) is 2.24. The van der Waals surface area contributed by atoms with Crippen LogP contribution in [-0.2, 0) is 0 Å². The molecule has 0 fully saturated rings. The van der Waals surface area contributed by atoms with Gasteiger partial charge in [0.1, 0.15) is 5.82 Å². The minimum absolute atomic E-state index is 0.0927. The van der Waals surface area contributed by atoms with E-state index in [-0.39, 0.29) is 11.9 Å². The van der Waals surface area contributed by atoms with Gasteiger partial charge in [-0.3, -0.25) is 0 Å². The molecule has 82 valence electrons. The summed E-state index contributed by atoms with van der Waals surface area (Å²) >= 11 is 0. The Morgan fingerprint density at radius 1 is 1.53 bits per heavy atom. The summed E-state index contributed by atoms with van der Waals surface area (Å²) in [6.07, 6.45) is 2.77. The van der Waals surface area contributed by atoms with Gasteiger partial charge in [0.05, 0.1) is 6.04 Å². The van der Waals surface area contributed by atoms with Crippen molar-refractivity contribution in [2.75, 3.05) is 6.54 Å². The Morgan fingerprint density at radius 2 is 2.27 bits per heavy atom.